The van der Waals surface area contributed by atoms with Gasteiger partial charge in [-0.2, -0.15) is 0 Å². The molecule has 4 heteroatoms. The van der Waals surface area contributed by atoms with Crippen molar-refractivity contribution < 1.29 is 9.53 Å². The summed E-state index contributed by atoms with van der Waals surface area (Å²) < 4.78 is 6.01. The molecule has 0 atom stereocenters. The zero-order valence-corrected chi connectivity index (χ0v) is 10.0. The molecular formula is C11H12BrNO2. The highest BCUT2D eigenvalue weighted by molar-refractivity contribution is 9.10. The van der Waals surface area contributed by atoms with Crippen LogP contribution < -0.4 is 5.32 Å². The quantitative estimate of drug-likeness (QED) is 0.891. The molecule has 80 valence electrons. The summed E-state index contributed by atoms with van der Waals surface area (Å²) in [5.41, 5.74) is 1.76. The fourth-order valence-corrected chi connectivity index (χ4v) is 1.62. The van der Waals surface area contributed by atoms with Crippen LogP contribution >= 0.6 is 15.9 Å². The highest BCUT2D eigenvalue weighted by atomic mass is 79.9. The van der Waals surface area contributed by atoms with Crippen LogP contribution in [0.4, 0.5) is 0 Å². The normalized spacial score (nSPS) is 15.9. The Kier molecular flexibility index (Phi) is 3.07. The first-order valence-corrected chi connectivity index (χ1v) is 5.61. The molecule has 1 N–H and O–H groups in total. The maximum Gasteiger partial charge on any atom is 0.251 e. The number of hydrogen-bond donors (Lipinski definition) is 1. The summed E-state index contributed by atoms with van der Waals surface area (Å²) in [6, 6.07) is 5.76. The van der Waals surface area contributed by atoms with E-state index >= 15 is 0 Å². The van der Waals surface area contributed by atoms with Crippen molar-refractivity contribution in [2.24, 2.45) is 0 Å². The Morgan fingerprint density at radius 3 is 2.80 bits per heavy atom. The Bertz CT molecular complexity index is 388. The van der Waals surface area contributed by atoms with E-state index in [0.717, 1.165) is 10.0 Å². The second-order valence-corrected chi connectivity index (χ2v) is 4.53. The van der Waals surface area contributed by atoms with Gasteiger partial charge in [0.2, 0.25) is 0 Å². The minimum atomic E-state index is -0.0288. The average Bonchev–Trinajstić information content (AvgIpc) is 2.15. The number of hydrogen-bond acceptors (Lipinski definition) is 2. The fourth-order valence-electron chi connectivity index (χ4n) is 1.37. The Morgan fingerprint density at radius 1 is 1.53 bits per heavy atom. The lowest BCUT2D eigenvalue weighted by molar-refractivity contribution is -0.00346. The number of benzene rings is 1. The van der Waals surface area contributed by atoms with E-state index in [0.29, 0.717) is 18.8 Å². The van der Waals surface area contributed by atoms with E-state index in [1.165, 1.54) is 0 Å². The van der Waals surface area contributed by atoms with Gasteiger partial charge in [0.25, 0.3) is 5.91 Å². The molecule has 1 fully saturated rings. The van der Waals surface area contributed by atoms with Crippen molar-refractivity contribution in [3.8, 4) is 0 Å². The molecule has 0 aliphatic carbocycles. The molecule has 1 heterocycles. The van der Waals surface area contributed by atoms with Crippen molar-refractivity contribution >= 4 is 21.8 Å². The third-order valence-electron chi connectivity index (χ3n) is 2.39. The Hall–Kier alpha value is -0.870. The lowest BCUT2D eigenvalue weighted by Crippen LogP contribution is -2.48. The minimum Gasteiger partial charge on any atom is -0.377 e. The molecule has 0 unspecified atom stereocenters. The molecule has 15 heavy (non-hydrogen) atoms. The first kappa shape index (κ1) is 10.6. The van der Waals surface area contributed by atoms with E-state index in [-0.39, 0.29) is 11.9 Å². The first-order chi connectivity index (χ1) is 7.16. The van der Waals surface area contributed by atoms with Crippen LogP contribution in [0.1, 0.15) is 15.9 Å². The topological polar surface area (TPSA) is 38.3 Å². The fraction of sp³-hybridized carbons (Fsp3) is 0.364. The van der Waals surface area contributed by atoms with Crippen LogP contribution in [0.3, 0.4) is 0 Å². The Labute approximate surface area is 96.9 Å². The first-order valence-electron chi connectivity index (χ1n) is 4.81. The van der Waals surface area contributed by atoms with Gasteiger partial charge in [-0.05, 0) is 30.7 Å². The Balaban J connectivity index is 2.07. The molecule has 2 rings (SSSR count). The van der Waals surface area contributed by atoms with Crippen LogP contribution in [0.25, 0.3) is 0 Å². The van der Waals surface area contributed by atoms with E-state index in [9.17, 15) is 4.79 Å². The van der Waals surface area contributed by atoms with Crippen molar-refractivity contribution in [2.45, 2.75) is 13.0 Å². The predicted molar refractivity (Wildman–Crippen MR) is 61.0 cm³/mol. The third-order valence-corrected chi connectivity index (χ3v) is 3.28. The summed E-state index contributed by atoms with van der Waals surface area (Å²) in [4.78, 5) is 11.7. The number of rotatable bonds is 2. The van der Waals surface area contributed by atoms with Crippen molar-refractivity contribution in [3.63, 3.8) is 0 Å². The number of amides is 1. The summed E-state index contributed by atoms with van der Waals surface area (Å²) in [6.07, 6.45) is 0. The van der Waals surface area contributed by atoms with E-state index in [4.69, 9.17) is 4.74 Å². The number of carbonyl (C=O) groups excluding carboxylic acids is 1. The summed E-state index contributed by atoms with van der Waals surface area (Å²) in [7, 11) is 0. The summed E-state index contributed by atoms with van der Waals surface area (Å²) >= 11 is 3.40. The Morgan fingerprint density at radius 2 is 2.27 bits per heavy atom. The van der Waals surface area contributed by atoms with Crippen molar-refractivity contribution in [1.82, 2.24) is 5.32 Å². The van der Waals surface area contributed by atoms with Crippen LogP contribution in [0.5, 0.6) is 0 Å². The molecule has 0 spiro atoms. The largest absolute Gasteiger partial charge is 0.377 e. The predicted octanol–water partition coefficient (Wildman–Crippen LogP) is 1.89. The van der Waals surface area contributed by atoms with Crippen LogP contribution in [-0.2, 0) is 4.74 Å². The maximum atomic E-state index is 11.7. The van der Waals surface area contributed by atoms with Crippen LogP contribution in [-0.4, -0.2) is 25.2 Å². The lowest BCUT2D eigenvalue weighted by atomic mass is 10.1. The van der Waals surface area contributed by atoms with E-state index < -0.39 is 0 Å². The molecule has 3 nitrogen and oxygen atoms in total. The van der Waals surface area contributed by atoms with Gasteiger partial charge in [-0.3, -0.25) is 4.79 Å². The smallest absolute Gasteiger partial charge is 0.251 e. The lowest BCUT2D eigenvalue weighted by Gasteiger charge is -2.26. The molecule has 0 radical (unpaired) electrons. The highest BCUT2D eigenvalue weighted by Crippen LogP contribution is 2.17. The van der Waals surface area contributed by atoms with Crippen LogP contribution in [0.15, 0.2) is 22.7 Å². The van der Waals surface area contributed by atoms with E-state index in [2.05, 4.69) is 21.2 Å². The number of halogens is 1. The van der Waals surface area contributed by atoms with Gasteiger partial charge in [-0.15, -0.1) is 0 Å². The number of ether oxygens (including phenoxy) is 1. The summed E-state index contributed by atoms with van der Waals surface area (Å²) in [5.74, 6) is -0.0288. The van der Waals surface area contributed by atoms with Gasteiger partial charge in [0.15, 0.2) is 0 Å². The minimum absolute atomic E-state index is 0.0288. The molecule has 1 aliphatic heterocycles. The monoisotopic (exact) mass is 269 g/mol. The molecule has 1 aromatic rings. The van der Waals surface area contributed by atoms with Gasteiger partial charge in [0.1, 0.15) is 0 Å². The van der Waals surface area contributed by atoms with Gasteiger partial charge < -0.3 is 10.1 Å². The second kappa shape index (κ2) is 4.33. The van der Waals surface area contributed by atoms with Crippen molar-refractivity contribution in [1.29, 1.82) is 0 Å². The molecule has 1 aliphatic rings. The molecular weight excluding hydrogens is 258 g/mol. The summed E-state index contributed by atoms with van der Waals surface area (Å²) in [6.45, 7) is 3.22. The van der Waals surface area contributed by atoms with Crippen LogP contribution in [0.2, 0.25) is 0 Å². The number of aryl methyl sites for hydroxylation is 1. The van der Waals surface area contributed by atoms with Gasteiger partial charge in [-0.1, -0.05) is 15.9 Å². The summed E-state index contributed by atoms with van der Waals surface area (Å²) in [5, 5.41) is 2.90. The van der Waals surface area contributed by atoms with Crippen molar-refractivity contribution in [2.75, 3.05) is 13.2 Å². The number of nitrogens with one attached hydrogen (secondary N) is 1. The molecule has 0 aromatic heterocycles. The van der Waals surface area contributed by atoms with E-state index in [1.807, 2.05) is 25.1 Å². The molecule has 1 aromatic carbocycles. The van der Waals surface area contributed by atoms with Gasteiger partial charge in [-0.25, -0.2) is 0 Å². The standard InChI is InChI=1S/C11H12BrNO2/c1-7-4-8(2-3-10(7)12)11(14)13-9-5-15-6-9/h2-4,9H,5-6H2,1H3,(H,13,14). The molecule has 1 amide bonds. The zero-order chi connectivity index (χ0) is 10.8. The third kappa shape index (κ3) is 2.38. The second-order valence-electron chi connectivity index (χ2n) is 3.67. The molecule has 1 saturated heterocycles. The number of carbonyl (C=O) groups is 1. The molecule has 0 bridgehead atoms. The molecule has 0 saturated carbocycles. The van der Waals surface area contributed by atoms with Gasteiger partial charge in [0.05, 0.1) is 19.3 Å². The van der Waals surface area contributed by atoms with E-state index in [1.54, 1.807) is 0 Å². The average molecular weight is 270 g/mol. The van der Waals surface area contributed by atoms with Gasteiger partial charge in [0, 0.05) is 10.0 Å². The van der Waals surface area contributed by atoms with Crippen molar-refractivity contribution in [3.05, 3.63) is 33.8 Å². The zero-order valence-electron chi connectivity index (χ0n) is 8.42. The highest BCUT2D eigenvalue weighted by Gasteiger charge is 2.20. The SMILES string of the molecule is Cc1cc(C(=O)NC2COC2)ccc1Br. The van der Waals surface area contributed by atoms with Gasteiger partial charge >= 0.3 is 0 Å². The van der Waals surface area contributed by atoms with Crippen LogP contribution in [0, 0.1) is 6.92 Å². The maximum absolute atomic E-state index is 11.7.